The molecule has 1 saturated carbocycles. The van der Waals surface area contributed by atoms with Crippen LogP contribution in [0.25, 0.3) is 0 Å². The Morgan fingerprint density at radius 1 is 1.24 bits per heavy atom. The molecule has 3 N–H and O–H groups in total. The maximum absolute atomic E-state index is 12.4. The maximum Gasteiger partial charge on any atom is 0.317 e. The Kier molecular flexibility index (Phi) is 5.34. The number of halogens is 1. The number of carbonyl (C=O) groups excluding carboxylic acids is 1. The van der Waals surface area contributed by atoms with Crippen molar-refractivity contribution in [1.82, 2.24) is 20.4 Å². The summed E-state index contributed by atoms with van der Waals surface area (Å²) >= 11 is 0. The zero-order valence-electron chi connectivity index (χ0n) is 14.5. The van der Waals surface area contributed by atoms with Gasteiger partial charge in [0.15, 0.2) is 5.82 Å². The lowest BCUT2D eigenvalue weighted by molar-refractivity contribution is 0.191. The number of nitrogens with two attached hydrogens (primary N) is 1. The number of rotatable bonds is 4. The van der Waals surface area contributed by atoms with Crippen molar-refractivity contribution in [2.75, 3.05) is 31.1 Å². The van der Waals surface area contributed by atoms with Gasteiger partial charge in [0.2, 0.25) is 0 Å². The maximum atomic E-state index is 12.4. The molecule has 2 fully saturated rings. The first-order valence-electron chi connectivity index (χ1n) is 9.05. The monoisotopic (exact) mass is 366 g/mol. The van der Waals surface area contributed by atoms with E-state index < -0.39 is 0 Å². The molecular formula is C17H27ClN6O. The predicted molar refractivity (Wildman–Crippen MR) is 99.0 cm³/mol. The summed E-state index contributed by atoms with van der Waals surface area (Å²) < 4.78 is 0. The fraction of sp³-hybridized carbons (Fsp3) is 0.706. The van der Waals surface area contributed by atoms with Crippen LogP contribution in [-0.4, -0.2) is 52.8 Å². The molecule has 4 rings (SSSR count). The molecule has 1 aromatic rings. The van der Waals surface area contributed by atoms with Crippen LogP contribution in [-0.2, 0) is 13.0 Å². The summed E-state index contributed by atoms with van der Waals surface area (Å²) in [6.07, 6.45) is 6.24. The molecular weight excluding hydrogens is 340 g/mol. The molecule has 8 heteroatoms. The number of fused-ring (bicyclic) bond motifs is 1. The molecule has 0 radical (unpaired) electrons. The average molecular weight is 367 g/mol. The summed E-state index contributed by atoms with van der Waals surface area (Å²) in [5.74, 6) is 0.951. The van der Waals surface area contributed by atoms with Crippen LogP contribution in [0.5, 0.6) is 0 Å². The van der Waals surface area contributed by atoms with Gasteiger partial charge in [-0.25, -0.2) is 4.79 Å². The van der Waals surface area contributed by atoms with E-state index in [1.54, 1.807) is 0 Å². The van der Waals surface area contributed by atoms with Crippen LogP contribution < -0.4 is 16.0 Å². The minimum Gasteiger partial charge on any atom is -0.355 e. The van der Waals surface area contributed by atoms with Crippen LogP contribution in [0.3, 0.4) is 0 Å². The second-order valence-electron chi connectivity index (χ2n) is 7.38. The van der Waals surface area contributed by atoms with Gasteiger partial charge in [-0.1, -0.05) is 0 Å². The third-order valence-corrected chi connectivity index (χ3v) is 5.44. The molecule has 2 aliphatic heterocycles. The number of amides is 2. The third kappa shape index (κ3) is 4.15. The first kappa shape index (κ1) is 18.2. The molecule has 1 aliphatic carbocycles. The Labute approximate surface area is 154 Å². The second kappa shape index (κ2) is 7.33. The van der Waals surface area contributed by atoms with Crippen LogP contribution in [0.1, 0.15) is 43.4 Å². The highest BCUT2D eigenvalue weighted by atomic mass is 35.5. The molecule has 3 heterocycles. The van der Waals surface area contributed by atoms with Crippen LogP contribution >= 0.6 is 12.4 Å². The fourth-order valence-electron chi connectivity index (χ4n) is 3.53. The molecule has 138 valence electrons. The van der Waals surface area contributed by atoms with Crippen LogP contribution in [0.15, 0.2) is 6.07 Å². The molecule has 0 atom stereocenters. The fourth-order valence-corrected chi connectivity index (χ4v) is 3.53. The summed E-state index contributed by atoms with van der Waals surface area (Å²) in [6, 6.07) is 2.12. The van der Waals surface area contributed by atoms with E-state index in [1.165, 1.54) is 12.8 Å². The topological polar surface area (TPSA) is 87.4 Å². The van der Waals surface area contributed by atoms with Crippen molar-refractivity contribution in [3.05, 3.63) is 17.3 Å². The van der Waals surface area contributed by atoms with Gasteiger partial charge in [-0.3, -0.25) is 0 Å². The standard InChI is InChI=1S/C17H26N6O.ClH/c18-17(4-5-17)6-7-19-16(24)23-10-3-14-13(12-23)11-15(21-20-14)22-8-1-2-9-22;/h11H,1-10,12,18H2,(H,19,24);1H. The highest BCUT2D eigenvalue weighted by molar-refractivity contribution is 5.85. The lowest BCUT2D eigenvalue weighted by Gasteiger charge is -2.29. The van der Waals surface area contributed by atoms with Gasteiger partial charge in [0, 0.05) is 44.7 Å². The van der Waals surface area contributed by atoms with E-state index in [1.807, 2.05) is 4.90 Å². The van der Waals surface area contributed by atoms with Gasteiger partial charge in [-0.2, -0.15) is 5.10 Å². The number of carbonyl (C=O) groups is 1. The zero-order valence-corrected chi connectivity index (χ0v) is 15.4. The van der Waals surface area contributed by atoms with Crippen molar-refractivity contribution < 1.29 is 4.79 Å². The lowest BCUT2D eigenvalue weighted by Crippen LogP contribution is -2.44. The van der Waals surface area contributed by atoms with Crippen molar-refractivity contribution >= 4 is 24.3 Å². The summed E-state index contributed by atoms with van der Waals surface area (Å²) in [4.78, 5) is 16.5. The summed E-state index contributed by atoms with van der Waals surface area (Å²) in [6.45, 7) is 4.08. The number of hydrogen-bond donors (Lipinski definition) is 2. The van der Waals surface area contributed by atoms with Crippen LogP contribution in [0.4, 0.5) is 10.6 Å². The summed E-state index contributed by atoms with van der Waals surface area (Å²) in [5.41, 5.74) is 8.21. The van der Waals surface area contributed by atoms with Gasteiger partial charge in [-0.15, -0.1) is 17.5 Å². The van der Waals surface area contributed by atoms with Gasteiger partial charge in [-0.05, 0) is 43.7 Å². The first-order valence-corrected chi connectivity index (χ1v) is 9.05. The summed E-state index contributed by atoms with van der Waals surface area (Å²) in [5, 5.41) is 11.8. The summed E-state index contributed by atoms with van der Waals surface area (Å²) in [7, 11) is 0. The highest BCUT2D eigenvalue weighted by Crippen LogP contribution is 2.35. The Hall–Kier alpha value is -1.60. The van der Waals surface area contributed by atoms with Crippen molar-refractivity contribution in [3.63, 3.8) is 0 Å². The molecule has 7 nitrogen and oxygen atoms in total. The molecule has 2 amide bonds. The minimum atomic E-state index is -0.0119. The quantitative estimate of drug-likeness (QED) is 0.842. The number of aromatic nitrogens is 2. The molecule has 0 aromatic carbocycles. The first-order chi connectivity index (χ1) is 11.6. The number of anilines is 1. The molecule has 3 aliphatic rings. The van der Waals surface area contributed by atoms with Crippen LogP contribution in [0.2, 0.25) is 0 Å². The Morgan fingerprint density at radius 2 is 2.00 bits per heavy atom. The molecule has 1 saturated heterocycles. The van der Waals surface area contributed by atoms with Gasteiger partial charge < -0.3 is 20.9 Å². The highest BCUT2D eigenvalue weighted by Gasteiger charge is 2.37. The van der Waals surface area contributed by atoms with E-state index in [9.17, 15) is 4.79 Å². The number of hydrogen-bond acceptors (Lipinski definition) is 5. The molecule has 0 bridgehead atoms. The predicted octanol–water partition coefficient (Wildman–Crippen LogP) is 1.45. The van der Waals surface area contributed by atoms with Gasteiger partial charge in [0.1, 0.15) is 0 Å². The van der Waals surface area contributed by atoms with E-state index in [0.717, 1.165) is 55.8 Å². The smallest absolute Gasteiger partial charge is 0.317 e. The van der Waals surface area contributed by atoms with E-state index >= 15 is 0 Å². The van der Waals surface area contributed by atoms with Crippen molar-refractivity contribution in [1.29, 1.82) is 0 Å². The van der Waals surface area contributed by atoms with Gasteiger partial charge in [0.25, 0.3) is 0 Å². The van der Waals surface area contributed by atoms with Gasteiger partial charge >= 0.3 is 6.03 Å². The zero-order chi connectivity index (χ0) is 16.6. The average Bonchev–Trinajstić information content (AvgIpc) is 3.11. The van der Waals surface area contributed by atoms with Crippen molar-refractivity contribution in [2.45, 2.75) is 50.6 Å². The molecule has 0 unspecified atom stereocenters. The molecule has 25 heavy (non-hydrogen) atoms. The largest absolute Gasteiger partial charge is 0.355 e. The normalized spacial score (nSPS) is 20.7. The Bertz CT molecular complexity index is 630. The van der Waals surface area contributed by atoms with Gasteiger partial charge in [0.05, 0.1) is 5.69 Å². The second-order valence-corrected chi connectivity index (χ2v) is 7.38. The SMILES string of the molecule is Cl.NC1(CCNC(=O)N2CCc3nnc(N4CCCC4)cc3C2)CC1. The number of nitrogens with zero attached hydrogens (tertiary/aromatic N) is 4. The van der Waals surface area contributed by atoms with E-state index in [0.29, 0.717) is 19.6 Å². The minimum absolute atomic E-state index is 0. The van der Waals surface area contributed by atoms with Crippen molar-refractivity contribution in [2.24, 2.45) is 5.73 Å². The van der Waals surface area contributed by atoms with Crippen molar-refractivity contribution in [3.8, 4) is 0 Å². The molecule has 0 spiro atoms. The third-order valence-electron chi connectivity index (χ3n) is 5.44. The van der Waals surface area contributed by atoms with E-state index in [-0.39, 0.29) is 24.0 Å². The van der Waals surface area contributed by atoms with E-state index in [4.69, 9.17) is 5.73 Å². The Morgan fingerprint density at radius 3 is 2.72 bits per heavy atom. The number of nitrogens with one attached hydrogen (secondary N) is 1. The lowest BCUT2D eigenvalue weighted by atomic mass is 10.1. The van der Waals surface area contributed by atoms with Crippen LogP contribution in [0, 0.1) is 0 Å². The molecule has 1 aromatic heterocycles. The van der Waals surface area contributed by atoms with E-state index in [2.05, 4.69) is 26.5 Å². The Balaban J connectivity index is 0.00000182. The number of urea groups is 1.